The summed E-state index contributed by atoms with van der Waals surface area (Å²) in [7, 11) is 0. The maximum Gasteiger partial charge on any atom is 0.0484 e. The molecule has 0 bridgehead atoms. The lowest BCUT2D eigenvalue weighted by atomic mass is 9.76. The molecule has 76 valence electrons. The Balaban J connectivity index is 2.41. The van der Waals surface area contributed by atoms with Gasteiger partial charge in [-0.3, -0.25) is 4.98 Å². The second kappa shape index (κ2) is 3.35. The average Bonchev–Trinajstić information content (AvgIpc) is 2.15. The SMILES string of the molecule is CC(C)(N)C1CCCc2cccnc21. The Hall–Kier alpha value is -0.890. The minimum absolute atomic E-state index is 0.149. The van der Waals surface area contributed by atoms with E-state index < -0.39 is 0 Å². The van der Waals surface area contributed by atoms with Gasteiger partial charge in [0.1, 0.15) is 0 Å². The molecule has 0 radical (unpaired) electrons. The van der Waals surface area contributed by atoms with E-state index in [-0.39, 0.29) is 5.54 Å². The molecule has 1 heterocycles. The number of hydrogen-bond acceptors (Lipinski definition) is 2. The zero-order valence-corrected chi connectivity index (χ0v) is 8.96. The number of fused-ring (bicyclic) bond motifs is 1. The summed E-state index contributed by atoms with van der Waals surface area (Å²) in [5.74, 6) is 0.424. The van der Waals surface area contributed by atoms with E-state index in [2.05, 4.69) is 24.9 Å². The molecule has 0 saturated carbocycles. The highest BCUT2D eigenvalue weighted by molar-refractivity contribution is 5.28. The summed E-state index contributed by atoms with van der Waals surface area (Å²) in [6, 6.07) is 4.20. The van der Waals surface area contributed by atoms with Gasteiger partial charge in [-0.15, -0.1) is 0 Å². The second-order valence-corrected chi connectivity index (χ2v) is 4.81. The molecule has 2 N–H and O–H groups in total. The fourth-order valence-electron chi connectivity index (χ4n) is 2.33. The fraction of sp³-hybridized carbons (Fsp3) is 0.583. The van der Waals surface area contributed by atoms with E-state index in [1.165, 1.54) is 24.1 Å². The number of rotatable bonds is 1. The van der Waals surface area contributed by atoms with Gasteiger partial charge >= 0.3 is 0 Å². The molecule has 1 aromatic heterocycles. The van der Waals surface area contributed by atoms with Gasteiger partial charge in [0, 0.05) is 23.3 Å². The van der Waals surface area contributed by atoms with Crippen LogP contribution in [-0.4, -0.2) is 10.5 Å². The molecule has 1 aromatic rings. The maximum atomic E-state index is 6.19. The van der Waals surface area contributed by atoms with Crippen molar-refractivity contribution in [2.45, 2.75) is 44.6 Å². The molecule has 0 spiro atoms. The molecule has 1 aliphatic carbocycles. The summed E-state index contributed by atoms with van der Waals surface area (Å²) in [5, 5.41) is 0. The third-order valence-electron chi connectivity index (χ3n) is 3.09. The summed E-state index contributed by atoms with van der Waals surface area (Å²) >= 11 is 0. The summed E-state index contributed by atoms with van der Waals surface area (Å²) in [6.07, 6.45) is 5.45. The van der Waals surface area contributed by atoms with Crippen molar-refractivity contribution in [1.82, 2.24) is 4.98 Å². The lowest BCUT2D eigenvalue weighted by molar-refractivity contribution is 0.360. The quantitative estimate of drug-likeness (QED) is 0.737. The van der Waals surface area contributed by atoms with Crippen LogP contribution in [0.5, 0.6) is 0 Å². The van der Waals surface area contributed by atoms with Crippen LogP contribution in [-0.2, 0) is 6.42 Å². The Morgan fingerprint density at radius 3 is 3.00 bits per heavy atom. The van der Waals surface area contributed by atoms with Crippen LogP contribution in [0.4, 0.5) is 0 Å². The molecular formula is C12H18N2. The van der Waals surface area contributed by atoms with Gasteiger partial charge < -0.3 is 5.73 Å². The zero-order valence-electron chi connectivity index (χ0n) is 8.96. The first-order valence-electron chi connectivity index (χ1n) is 5.31. The van der Waals surface area contributed by atoms with Gasteiger partial charge in [0.25, 0.3) is 0 Å². The molecule has 2 rings (SSSR count). The number of pyridine rings is 1. The van der Waals surface area contributed by atoms with Crippen molar-refractivity contribution >= 4 is 0 Å². The van der Waals surface area contributed by atoms with Gasteiger partial charge in [0.15, 0.2) is 0 Å². The highest BCUT2D eigenvalue weighted by Gasteiger charge is 2.31. The van der Waals surface area contributed by atoms with Gasteiger partial charge in [0.05, 0.1) is 0 Å². The van der Waals surface area contributed by atoms with Crippen molar-refractivity contribution in [2.24, 2.45) is 5.73 Å². The predicted octanol–water partition coefficient (Wildman–Crippen LogP) is 2.24. The third kappa shape index (κ3) is 1.67. The Morgan fingerprint density at radius 2 is 2.29 bits per heavy atom. The Kier molecular flexibility index (Phi) is 2.31. The molecule has 1 unspecified atom stereocenters. The van der Waals surface area contributed by atoms with Crippen molar-refractivity contribution in [3.8, 4) is 0 Å². The van der Waals surface area contributed by atoms with Crippen LogP contribution in [0, 0.1) is 0 Å². The minimum Gasteiger partial charge on any atom is -0.325 e. The second-order valence-electron chi connectivity index (χ2n) is 4.81. The van der Waals surface area contributed by atoms with Gasteiger partial charge in [0.2, 0.25) is 0 Å². The van der Waals surface area contributed by atoms with Crippen LogP contribution in [0.1, 0.15) is 43.9 Å². The molecule has 1 aliphatic rings. The molecule has 14 heavy (non-hydrogen) atoms. The van der Waals surface area contributed by atoms with E-state index in [9.17, 15) is 0 Å². The number of aromatic nitrogens is 1. The number of aryl methyl sites for hydroxylation is 1. The van der Waals surface area contributed by atoms with Gasteiger partial charge in [-0.05, 0) is 44.7 Å². The van der Waals surface area contributed by atoms with Crippen molar-refractivity contribution in [2.75, 3.05) is 0 Å². The van der Waals surface area contributed by atoms with E-state index in [4.69, 9.17) is 5.73 Å². The van der Waals surface area contributed by atoms with Crippen molar-refractivity contribution in [3.63, 3.8) is 0 Å². The smallest absolute Gasteiger partial charge is 0.0484 e. The van der Waals surface area contributed by atoms with Gasteiger partial charge in [-0.1, -0.05) is 6.07 Å². The third-order valence-corrected chi connectivity index (χ3v) is 3.09. The van der Waals surface area contributed by atoms with E-state index in [1.54, 1.807) is 0 Å². The highest BCUT2D eigenvalue weighted by Crippen LogP contribution is 2.35. The Bertz CT molecular complexity index is 325. The van der Waals surface area contributed by atoms with Crippen LogP contribution in [0.25, 0.3) is 0 Å². The molecule has 0 aromatic carbocycles. The molecular weight excluding hydrogens is 172 g/mol. The van der Waals surface area contributed by atoms with Crippen molar-refractivity contribution < 1.29 is 0 Å². The number of nitrogens with zero attached hydrogens (tertiary/aromatic N) is 1. The maximum absolute atomic E-state index is 6.19. The average molecular weight is 190 g/mol. The fourth-order valence-corrected chi connectivity index (χ4v) is 2.33. The Labute approximate surface area is 85.5 Å². The van der Waals surface area contributed by atoms with Crippen LogP contribution in [0.3, 0.4) is 0 Å². The van der Waals surface area contributed by atoms with Gasteiger partial charge in [-0.2, -0.15) is 0 Å². The summed E-state index contributed by atoms with van der Waals surface area (Å²) in [6.45, 7) is 4.20. The van der Waals surface area contributed by atoms with E-state index >= 15 is 0 Å². The van der Waals surface area contributed by atoms with Gasteiger partial charge in [-0.25, -0.2) is 0 Å². The molecule has 0 amide bonds. The predicted molar refractivity (Wildman–Crippen MR) is 58.2 cm³/mol. The first kappa shape index (κ1) is 9.66. The van der Waals surface area contributed by atoms with Crippen LogP contribution >= 0.6 is 0 Å². The van der Waals surface area contributed by atoms with Crippen molar-refractivity contribution in [1.29, 1.82) is 0 Å². The standard InChI is InChI=1S/C12H18N2/c1-12(2,13)10-7-3-5-9-6-4-8-14-11(9)10/h4,6,8,10H,3,5,7,13H2,1-2H3. The Morgan fingerprint density at radius 1 is 1.50 bits per heavy atom. The summed E-state index contributed by atoms with van der Waals surface area (Å²) in [5.41, 5.74) is 8.65. The van der Waals surface area contributed by atoms with Crippen LogP contribution in [0.2, 0.25) is 0 Å². The monoisotopic (exact) mass is 190 g/mol. The van der Waals surface area contributed by atoms with Crippen LogP contribution < -0.4 is 5.73 Å². The number of hydrogen-bond donors (Lipinski definition) is 1. The lowest BCUT2D eigenvalue weighted by Gasteiger charge is -2.34. The molecule has 1 atom stereocenters. The molecule has 2 heteroatoms. The topological polar surface area (TPSA) is 38.9 Å². The molecule has 0 fully saturated rings. The van der Waals surface area contributed by atoms with Crippen molar-refractivity contribution in [3.05, 3.63) is 29.6 Å². The van der Waals surface area contributed by atoms with E-state index in [0.29, 0.717) is 5.92 Å². The molecule has 0 aliphatic heterocycles. The zero-order chi connectivity index (χ0) is 10.2. The van der Waals surface area contributed by atoms with Crippen LogP contribution in [0.15, 0.2) is 18.3 Å². The largest absolute Gasteiger partial charge is 0.325 e. The highest BCUT2D eigenvalue weighted by atomic mass is 14.8. The van der Waals surface area contributed by atoms with E-state index in [1.807, 2.05) is 12.3 Å². The van der Waals surface area contributed by atoms with E-state index in [0.717, 1.165) is 6.42 Å². The summed E-state index contributed by atoms with van der Waals surface area (Å²) < 4.78 is 0. The molecule has 2 nitrogen and oxygen atoms in total. The first-order chi connectivity index (χ1) is 6.59. The summed E-state index contributed by atoms with van der Waals surface area (Å²) in [4.78, 5) is 4.49. The lowest BCUT2D eigenvalue weighted by Crippen LogP contribution is -2.41. The number of nitrogens with two attached hydrogens (primary N) is 1. The first-order valence-corrected chi connectivity index (χ1v) is 5.31. The minimum atomic E-state index is -0.149. The molecule has 0 saturated heterocycles. The normalized spacial score (nSPS) is 21.8.